The lowest BCUT2D eigenvalue weighted by Gasteiger charge is -2.19. The van der Waals surface area contributed by atoms with Crippen LogP contribution in [-0.2, 0) is 12.8 Å². The van der Waals surface area contributed by atoms with Crippen LogP contribution in [-0.4, -0.2) is 0 Å². The van der Waals surface area contributed by atoms with E-state index in [9.17, 15) is 0 Å². The second-order valence-corrected chi connectivity index (χ2v) is 7.22. The number of hydrogen-bond donors (Lipinski definition) is 1. The molecule has 0 atom stereocenters. The molecule has 1 aromatic carbocycles. The predicted molar refractivity (Wildman–Crippen MR) is 89.8 cm³/mol. The number of anilines is 1. The van der Waals surface area contributed by atoms with Crippen molar-refractivity contribution in [2.75, 3.05) is 5.73 Å². The Balaban J connectivity index is 2.32. The summed E-state index contributed by atoms with van der Waals surface area (Å²) >= 11 is 1.82. The van der Waals surface area contributed by atoms with Gasteiger partial charge >= 0.3 is 0 Å². The van der Waals surface area contributed by atoms with E-state index in [0.717, 1.165) is 5.00 Å². The SMILES string of the molecule is Cc1cc(C)c(C)c(-c2c(N)sc3c2CCCC3)c1C. The molecule has 0 saturated carbocycles. The Hall–Kier alpha value is -1.28. The van der Waals surface area contributed by atoms with Gasteiger partial charge in [0, 0.05) is 10.4 Å². The molecule has 0 amide bonds. The smallest absolute Gasteiger partial charge is 0.0942 e. The Kier molecular flexibility index (Phi) is 3.37. The summed E-state index contributed by atoms with van der Waals surface area (Å²) in [5.74, 6) is 0. The van der Waals surface area contributed by atoms with Crippen molar-refractivity contribution in [3.05, 3.63) is 38.8 Å². The third kappa shape index (κ3) is 1.98. The van der Waals surface area contributed by atoms with E-state index in [-0.39, 0.29) is 0 Å². The second kappa shape index (κ2) is 4.92. The van der Waals surface area contributed by atoms with Crippen LogP contribution < -0.4 is 5.73 Å². The predicted octanol–water partition coefficient (Wildman–Crippen LogP) is 5.11. The number of aryl methyl sites for hydroxylation is 3. The van der Waals surface area contributed by atoms with Gasteiger partial charge in [-0.05, 0) is 86.8 Å². The minimum atomic E-state index is 1.02. The summed E-state index contributed by atoms with van der Waals surface area (Å²) < 4.78 is 0. The van der Waals surface area contributed by atoms with Crippen LogP contribution in [0.25, 0.3) is 11.1 Å². The van der Waals surface area contributed by atoms with E-state index in [0.29, 0.717) is 0 Å². The van der Waals surface area contributed by atoms with Crippen LogP contribution >= 0.6 is 11.3 Å². The molecule has 3 rings (SSSR count). The fourth-order valence-electron chi connectivity index (χ4n) is 3.45. The topological polar surface area (TPSA) is 26.0 Å². The Labute approximate surface area is 125 Å². The van der Waals surface area contributed by atoms with Crippen molar-refractivity contribution in [1.82, 2.24) is 0 Å². The third-order valence-electron chi connectivity index (χ3n) is 4.81. The maximum Gasteiger partial charge on any atom is 0.0942 e. The largest absolute Gasteiger partial charge is 0.390 e. The number of nitrogens with two attached hydrogens (primary N) is 1. The van der Waals surface area contributed by atoms with Crippen LogP contribution in [0.5, 0.6) is 0 Å². The standard InChI is InChI=1S/C18H23NS/c1-10-9-11(2)13(4)16(12(10)3)17-14-7-5-6-8-15(14)20-18(17)19/h9H,5-8,19H2,1-4H3. The molecule has 1 aliphatic carbocycles. The van der Waals surface area contributed by atoms with Gasteiger partial charge in [-0.25, -0.2) is 0 Å². The van der Waals surface area contributed by atoms with Gasteiger partial charge in [-0.3, -0.25) is 0 Å². The Bertz CT molecular complexity index is 653. The normalized spacial score (nSPS) is 14.4. The highest BCUT2D eigenvalue weighted by molar-refractivity contribution is 7.16. The molecular formula is C18H23NS. The summed E-state index contributed by atoms with van der Waals surface area (Å²) in [7, 11) is 0. The summed E-state index contributed by atoms with van der Waals surface area (Å²) in [5.41, 5.74) is 16.2. The molecule has 0 fully saturated rings. The summed E-state index contributed by atoms with van der Waals surface area (Å²) in [6.45, 7) is 8.90. The van der Waals surface area contributed by atoms with Crippen molar-refractivity contribution in [1.29, 1.82) is 0 Å². The molecule has 20 heavy (non-hydrogen) atoms. The van der Waals surface area contributed by atoms with Crippen molar-refractivity contribution in [3.63, 3.8) is 0 Å². The Morgan fingerprint density at radius 2 is 1.50 bits per heavy atom. The lowest BCUT2D eigenvalue weighted by molar-refractivity contribution is 0.698. The van der Waals surface area contributed by atoms with Crippen LogP contribution in [0.2, 0.25) is 0 Å². The van der Waals surface area contributed by atoms with Gasteiger partial charge in [-0.15, -0.1) is 11.3 Å². The zero-order valence-electron chi connectivity index (χ0n) is 12.9. The molecule has 0 saturated heterocycles. The lowest BCUT2D eigenvalue weighted by Crippen LogP contribution is -2.02. The molecular weight excluding hydrogens is 262 g/mol. The molecule has 2 aromatic rings. The highest BCUT2D eigenvalue weighted by atomic mass is 32.1. The van der Waals surface area contributed by atoms with Crippen LogP contribution in [0.15, 0.2) is 6.07 Å². The van der Waals surface area contributed by atoms with Crippen LogP contribution in [0.4, 0.5) is 5.00 Å². The first-order chi connectivity index (χ1) is 9.50. The van der Waals surface area contributed by atoms with Gasteiger partial charge in [0.25, 0.3) is 0 Å². The molecule has 106 valence electrons. The summed E-state index contributed by atoms with van der Waals surface area (Å²) in [6.07, 6.45) is 5.04. The molecule has 1 heterocycles. The number of rotatable bonds is 1. The van der Waals surface area contributed by atoms with Crippen molar-refractivity contribution in [2.45, 2.75) is 53.4 Å². The number of benzene rings is 1. The van der Waals surface area contributed by atoms with Crippen molar-refractivity contribution < 1.29 is 0 Å². The summed E-state index contributed by atoms with van der Waals surface area (Å²) in [4.78, 5) is 1.53. The van der Waals surface area contributed by atoms with Gasteiger partial charge in [0.15, 0.2) is 0 Å². The van der Waals surface area contributed by atoms with E-state index in [1.807, 2.05) is 11.3 Å². The lowest BCUT2D eigenvalue weighted by atomic mass is 9.85. The molecule has 2 heteroatoms. The second-order valence-electron chi connectivity index (χ2n) is 6.09. The average molecular weight is 285 g/mol. The first-order valence-electron chi connectivity index (χ1n) is 7.48. The molecule has 0 bridgehead atoms. The first kappa shape index (κ1) is 13.7. The zero-order valence-corrected chi connectivity index (χ0v) is 13.7. The molecule has 0 unspecified atom stereocenters. The van der Waals surface area contributed by atoms with Gasteiger partial charge < -0.3 is 5.73 Å². The molecule has 1 aromatic heterocycles. The number of thiophene rings is 1. The maximum atomic E-state index is 6.41. The molecule has 0 spiro atoms. The highest BCUT2D eigenvalue weighted by Crippen LogP contribution is 2.45. The van der Waals surface area contributed by atoms with E-state index >= 15 is 0 Å². The maximum absolute atomic E-state index is 6.41. The molecule has 0 aliphatic heterocycles. The van der Waals surface area contributed by atoms with E-state index in [1.165, 1.54) is 69.5 Å². The summed E-state index contributed by atoms with van der Waals surface area (Å²) in [6, 6.07) is 2.29. The van der Waals surface area contributed by atoms with E-state index in [2.05, 4.69) is 33.8 Å². The van der Waals surface area contributed by atoms with Crippen LogP contribution in [0, 0.1) is 27.7 Å². The van der Waals surface area contributed by atoms with Crippen molar-refractivity contribution in [2.24, 2.45) is 0 Å². The monoisotopic (exact) mass is 285 g/mol. The number of fused-ring (bicyclic) bond motifs is 1. The highest BCUT2D eigenvalue weighted by Gasteiger charge is 2.23. The molecule has 1 nitrogen and oxygen atoms in total. The molecule has 2 N–H and O–H groups in total. The quantitative estimate of drug-likeness (QED) is 0.774. The zero-order chi connectivity index (χ0) is 14.4. The fraction of sp³-hybridized carbons (Fsp3) is 0.444. The van der Waals surface area contributed by atoms with Gasteiger partial charge in [0.05, 0.1) is 5.00 Å². The third-order valence-corrected chi connectivity index (χ3v) is 5.94. The van der Waals surface area contributed by atoms with Crippen LogP contribution in [0.3, 0.4) is 0 Å². The number of hydrogen-bond acceptors (Lipinski definition) is 2. The average Bonchev–Trinajstić information content (AvgIpc) is 2.74. The molecule has 1 aliphatic rings. The minimum absolute atomic E-state index is 1.02. The van der Waals surface area contributed by atoms with Gasteiger partial charge in [0.1, 0.15) is 0 Å². The Morgan fingerprint density at radius 1 is 0.900 bits per heavy atom. The number of nitrogen functional groups attached to an aromatic ring is 1. The van der Waals surface area contributed by atoms with Gasteiger partial charge in [-0.1, -0.05) is 6.07 Å². The van der Waals surface area contributed by atoms with E-state index in [4.69, 9.17) is 5.73 Å². The van der Waals surface area contributed by atoms with E-state index in [1.54, 1.807) is 0 Å². The molecule has 0 radical (unpaired) electrons. The van der Waals surface area contributed by atoms with E-state index < -0.39 is 0 Å². The van der Waals surface area contributed by atoms with Gasteiger partial charge in [-0.2, -0.15) is 0 Å². The minimum Gasteiger partial charge on any atom is -0.390 e. The first-order valence-corrected chi connectivity index (χ1v) is 8.30. The van der Waals surface area contributed by atoms with Crippen molar-refractivity contribution in [3.8, 4) is 11.1 Å². The van der Waals surface area contributed by atoms with Gasteiger partial charge in [0.2, 0.25) is 0 Å². The summed E-state index contributed by atoms with van der Waals surface area (Å²) in [5, 5.41) is 1.02. The fourth-order valence-corrected chi connectivity index (χ4v) is 4.62. The van der Waals surface area contributed by atoms with Crippen molar-refractivity contribution >= 4 is 16.3 Å². The Morgan fingerprint density at radius 3 is 2.15 bits per heavy atom. The van der Waals surface area contributed by atoms with Crippen LogP contribution in [0.1, 0.15) is 45.5 Å².